The number of nitrogens with zero attached hydrogens (tertiary/aromatic N) is 5. The van der Waals surface area contributed by atoms with Gasteiger partial charge in [-0.15, -0.1) is 10.2 Å². The zero-order chi connectivity index (χ0) is 24.6. The molecule has 0 bridgehead atoms. The summed E-state index contributed by atoms with van der Waals surface area (Å²) in [6, 6.07) is 5.61. The molecule has 12 heteroatoms. The highest BCUT2D eigenvalue weighted by molar-refractivity contribution is 6.30. The molecule has 2 aliphatic rings. The normalized spacial score (nSPS) is 16.2. The van der Waals surface area contributed by atoms with Crippen LogP contribution in [-0.4, -0.2) is 56.1 Å². The molecule has 4 N–H and O–H groups in total. The topological polar surface area (TPSA) is 129 Å². The van der Waals surface area contributed by atoms with Gasteiger partial charge in [-0.05, 0) is 67.2 Å². The van der Waals surface area contributed by atoms with Gasteiger partial charge in [0.1, 0.15) is 0 Å². The van der Waals surface area contributed by atoms with Gasteiger partial charge in [0, 0.05) is 48.5 Å². The molecule has 2 aliphatic heterocycles. The van der Waals surface area contributed by atoms with E-state index in [1.54, 1.807) is 25.1 Å². The largest absolute Gasteiger partial charge is 0.353 e. The predicted molar refractivity (Wildman–Crippen MR) is 131 cm³/mol. The molecule has 0 radical (unpaired) electrons. The minimum absolute atomic E-state index is 0.0510. The average molecular weight is 500 g/mol. The second-order valence-electron chi connectivity index (χ2n) is 8.63. The van der Waals surface area contributed by atoms with Crippen LogP contribution in [0, 0.1) is 6.92 Å². The Morgan fingerprint density at radius 3 is 2.83 bits per heavy atom. The van der Waals surface area contributed by atoms with Gasteiger partial charge < -0.3 is 21.1 Å². The molecule has 0 spiro atoms. The van der Waals surface area contributed by atoms with Gasteiger partial charge in [-0.3, -0.25) is 9.59 Å². The number of halogens is 1. The molecular weight excluding hydrogens is 470 g/mol. The van der Waals surface area contributed by atoms with Gasteiger partial charge in [0.15, 0.2) is 5.82 Å². The smallest absolute Gasteiger partial charge is 0.246 e. The summed E-state index contributed by atoms with van der Waals surface area (Å²) >= 11 is 6.17. The predicted octanol–water partition coefficient (Wildman–Crippen LogP) is 1.43. The average Bonchev–Trinajstić information content (AvgIpc) is 3.50. The van der Waals surface area contributed by atoms with Crippen molar-refractivity contribution in [2.75, 3.05) is 13.1 Å². The summed E-state index contributed by atoms with van der Waals surface area (Å²) < 4.78 is 0. The van der Waals surface area contributed by atoms with Crippen LogP contribution < -0.4 is 21.7 Å². The van der Waals surface area contributed by atoms with E-state index in [9.17, 15) is 9.59 Å². The van der Waals surface area contributed by atoms with Crippen LogP contribution in [0.15, 0.2) is 36.2 Å². The standard InChI is InChI=1S/C23H30ClN9O2/c1-16-27-31-33(29-16)15-18-13-19(24)7-5-17(18)6-8-23(35)32-11-9-20(10-12-32)26-22(34)4-2-3-21-14-25-30-28-21/h5-8,13-14,20,25,28,30H,2-4,9-12,15H2,1H3,(H,26,34). The van der Waals surface area contributed by atoms with Gasteiger partial charge in [0.25, 0.3) is 0 Å². The summed E-state index contributed by atoms with van der Waals surface area (Å²) in [6.07, 6.45) is 8.78. The number of piperidine rings is 1. The van der Waals surface area contributed by atoms with Crippen LogP contribution >= 0.6 is 11.6 Å². The number of aromatic nitrogens is 4. The maximum Gasteiger partial charge on any atom is 0.246 e. The number of carbonyl (C=O) groups excluding carboxylic acids is 2. The van der Waals surface area contributed by atoms with Gasteiger partial charge in [-0.2, -0.15) is 10.3 Å². The van der Waals surface area contributed by atoms with E-state index in [0.29, 0.717) is 36.9 Å². The first-order chi connectivity index (χ1) is 17.0. The van der Waals surface area contributed by atoms with Crippen LogP contribution in [0.2, 0.25) is 5.02 Å². The minimum atomic E-state index is -0.0510. The van der Waals surface area contributed by atoms with E-state index in [1.165, 1.54) is 4.80 Å². The molecule has 0 unspecified atom stereocenters. The number of allylic oxidation sites excluding steroid dienone is 1. The van der Waals surface area contributed by atoms with E-state index in [0.717, 1.165) is 42.5 Å². The van der Waals surface area contributed by atoms with Crippen LogP contribution in [0.25, 0.3) is 6.08 Å². The molecule has 0 aliphatic carbocycles. The van der Waals surface area contributed by atoms with Gasteiger partial charge >= 0.3 is 0 Å². The lowest BCUT2D eigenvalue weighted by Crippen LogP contribution is -2.46. The molecule has 1 aromatic carbocycles. The zero-order valence-electron chi connectivity index (χ0n) is 19.6. The van der Waals surface area contributed by atoms with E-state index in [-0.39, 0.29) is 17.9 Å². The van der Waals surface area contributed by atoms with Crippen molar-refractivity contribution >= 4 is 29.5 Å². The van der Waals surface area contributed by atoms with Crippen molar-refractivity contribution in [2.24, 2.45) is 0 Å². The number of nitrogens with one attached hydrogen (secondary N) is 4. The molecule has 0 atom stereocenters. The number of hydrazine groups is 2. The van der Waals surface area contributed by atoms with Crippen LogP contribution in [0.4, 0.5) is 0 Å². The summed E-state index contributed by atoms with van der Waals surface area (Å²) in [6.45, 7) is 3.40. The first kappa shape index (κ1) is 24.7. The Morgan fingerprint density at radius 2 is 2.11 bits per heavy atom. The zero-order valence-corrected chi connectivity index (χ0v) is 20.4. The highest BCUT2D eigenvalue weighted by atomic mass is 35.5. The summed E-state index contributed by atoms with van der Waals surface area (Å²) in [5.41, 5.74) is 11.4. The fourth-order valence-corrected chi connectivity index (χ4v) is 4.27. The second-order valence-corrected chi connectivity index (χ2v) is 9.06. The van der Waals surface area contributed by atoms with E-state index in [4.69, 9.17) is 11.6 Å². The van der Waals surface area contributed by atoms with Crippen LogP contribution in [0.1, 0.15) is 49.1 Å². The van der Waals surface area contributed by atoms with Crippen molar-refractivity contribution in [2.45, 2.75) is 51.6 Å². The quantitative estimate of drug-likeness (QED) is 0.381. The Labute approximate surface area is 208 Å². The number of aryl methyl sites for hydroxylation is 1. The van der Waals surface area contributed by atoms with Crippen LogP contribution in [-0.2, 0) is 16.1 Å². The molecule has 0 saturated carbocycles. The van der Waals surface area contributed by atoms with Gasteiger partial charge in [0.2, 0.25) is 11.8 Å². The number of rotatable bonds is 9. The molecule has 11 nitrogen and oxygen atoms in total. The van der Waals surface area contributed by atoms with Crippen molar-refractivity contribution < 1.29 is 9.59 Å². The summed E-state index contributed by atoms with van der Waals surface area (Å²) in [7, 11) is 0. The maximum atomic E-state index is 12.8. The summed E-state index contributed by atoms with van der Waals surface area (Å²) in [5, 5.41) is 15.8. The van der Waals surface area contributed by atoms with Crippen molar-refractivity contribution in [3.05, 3.63) is 58.1 Å². The molecule has 3 heterocycles. The number of tetrazole rings is 1. The highest BCUT2D eigenvalue weighted by Gasteiger charge is 2.22. The van der Waals surface area contributed by atoms with E-state index in [2.05, 4.69) is 37.1 Å². The molecule has 35 heavy (non-hydrogen) atoms. The Bertz CT molecular complexity index is 1110. The minimum Gasteiger partial charge on any atom is -0.353 e. The van der Waals surface area contributed by atoms with E-state index < -0.39 is 0 Å². The molecule has 4 rings (SSSR count). The number of likely N-dealkylation sites (tertiary alicyclic amines) is 1. The maximum absolute atomic E-state index is 12.8. The third kappa shape index (κ3) is 7.27. The molecule has 1 aromatic heterocycles. The fraction of sp³-hybridized carbons (Fsp3) is 0.435. The summed E-state index contributed by atoms with van der Waals surface area (Å²) in [5.74, 6) is 0.597. The van der Waals surface area contributed by atoms with Gasteiger partial charge in [0.05, 0.1) is 6.54 Å². The van der Waals surface area contributed by atoms with Crippen molar-refractivity contribution in [1.82, 2.24) is 46.8 Å². The van der Waals surface area contributed by atoms with Crippen molar-refractivity contribution in [3.8, 4) is 0 Å². The number of amides is 2. The van der Waals surface area contributed by atoms with E-state index in [1.807, 2.05) is 23.2 Å². The van der Waals surface area contributed by atoms with Crippen LogP contribution in [0.3, 0.4) is 0 Å². The van der Waals surface area contributed by atoms with Gasteiger partial charge in [-0.25, -0.2) is 0 Å². The highest BCUT2D eigenvalue weighted by Crippen LogP contribution is 2.19. The lowest BCUT2D eigenvalue weighted by atomic mass is 10.0. The number of hydrogen-bond acceptors (Lipinski definition) is 8. The second kappa shape index (κ2) is 11.8. The molecule has 2 amide bonds. The monoisotopic (exact) mass is 499 g/mol. The number of hydrogen-bond donors (Lipinski definition) is 4. The molecular formula is C23H30ClN9O2. The first-order valence-electron chi connectivity index (χ1n) is 11.7. The molecule has 2 aromatic rings. The fourth-order valence-electron chi connectivity index (χ4n) is 4.08. The van der Waals surface area contributed by atoms with Crippen molar-refractivity contribution in [3.63, 3.8) is 0 Å². The Morgan fingerprint density at radius 1 is 1.29 bits per heavy atom. The molecule has 1 fully saturated rings. The first-order valence-corrected chi connectivity index (χ1v) is 12.1. The van der Waals surface area contributed by atoms with Crippen molar-refractivity contribution in [1.29, 1.82) is 0 Å². The van der Waals surface area contributed by atoms with Crippen LogP contribution in [0.5, 0.6) is 0 Å². The Balaban J connectivity index is 1.23. The third-order valence-electron chi connectivity index (χ3n) is 5.94. The van der Waals surface area contributed by atoms with Gasteiger partial charge in [-0.1, -0.05) is 17.7 Å². The Kier molecular flexibility index (Phi) is 8.32. The third-order valence-corrected chi connectivity index (χ3v) is 6.17. The lowest BCUT2D eigenvalue weighted by molar-refractivity contribution is -0.127. The number of carbonyl (C=O) groups is 2. The Hall–Kier alpha value is -3.44. The number of benzene rings is 1. The SMILES string of the molecule is Cc1nnn(Cc2cc(Cl)ccc2C=CC(=O)N2CCC(NC(=O)CCCC3=CNNN3)CC2)n1. The molecule has 1 saturated heterocycles. The summed E-state index contributed by atoms with van der Waals surface area (Å²) in [4.78, 5) is 28.3. The van der Waals surface area contributed by atoms with E-state index >= 15 is 0 Å². The lowest BCUT2D eigenvalue weighted by Gasteiger charge is -2.31. The molecule has 186 valence electrons.